The molecule has 0 heterocycles. The van der Waals surface area contributed by atoms with Gasteiger partial charge in [-0.15, -0.1) is 0 Å². The number of nitro benzene ring substituents is 1. The smallest absolute Gasteiger partial charge is 0.269 e. The lowest BCUT2D eigenvalue weighted by Gasteiger charge is -2.17. The van der Waals surface area contributed by atoms with E-state index >= 15 is 0 Å². The second-order valence-electron chi connectivity index (χ2n) is 5.55. The molecule has 0 spiro atoms. The second-order valence-corrected chi connectivity index (χ2v) is 7.23. The molecule has 3 rings (SSSR count). The first-order chi connectivity index (χ1) is 12.0. The number of fused-ring (bicyclic) bond motifs is 1. The number of non-ortho nitro benzene ring substituents is 1. The predicted octanol–water partition coefficient (Wildman–Crippen LogP) is 4.30. The van der Waals surface area contributed by atoms with E-state index in [9.17, 15) is 18.5 Å². The lowest BCUT2D eigenvalue weighted by molar-refractivity contribution is -0.384. The molecular weight excluding hydrogens is 340 g/mol. The van der Waals surface area contributed by atoms with Crippen molar-refractivity contribution in [2.45, 2.75) is 44.4 Å². The van der Waals surface area contributed by atoms with Crippen LogP contribution in [0.1, 0.15) is 37.8 Å². The SMILES string of the molecule is CC.O=[N+]([O-])c1ccc(S(=O)(=O)Nc2ccc3c(c2)CCCC3)cc1. The zero-order chi connectivity index (χ0) is 18.4. The van der Waals surface area contributed by atoms with E-state index in [2.05, 4.69) is 4.72 Å². The topological polar surface area (TPSA) is 89.3 Å². The van der Waals surface area contributed by atoms with Crippen LogP contribution < -0.4 is 4.72 Å². The van der Waals surface area contributed by atoms with Gasteiger partial charge in [0.25, 0.3) is 15.7 Å². The number of nitrogens with zero attached hydrogens (tertiary/aromatic N) is 1. The highest BCUT2D eigenvalue weighted by atomic mass is 32.2. The number of rotatable bonds is 4. The maximum absolute atomic E-state index is 12.4. The van der Waals surface area contributed by atoms with Crippen molar-refractivity contribution in [2.24, 2.45) is 0 Å². The molecule has 7 heteroatoms. The van der Waals surface area contributed by atoms with E-state index in [-0.39, 0.29) is 10.6 Å². The van der Waals surface area contributed by atoms with Gasteiger partial charge in [-0.25, -0.2) is 8.42 Å². The van der Waals surface area contributed by atoms with E-state index in [1.165, 1.54) is 41.8 Å². The fourth-order valence-corrected chi connectivity index (χ4v) is 3.81. The van der Waals surface area contributed by atoms with Crippen LogP contribution in [-0.4, -0.2) is 13.3 Å². The van der Waals surface area contributed by atoms with Gasteiger partial charge in [0.05, 0.1) is 9.82 Å². The van der Waals surface area contributed by atoms with Gasteiger partial charge in [-0.2, -0.15) is 0 Å². The summed E-state index contributed by atoms with van der Waals surface area (Å²) in [4.78, 5) is 10.1. The maximum Gasteiger partial charge on any atom is 0.269 e. The molecule has 0 bridgehead atoms. The Morgan fingerprint density at radius 2 is 1.56 bits per heavy atom. The van der Waals surface area contributed by atoms with Gasteiger partial charge in [0.2, 0.25) is 0 Å². The van der Waals surface area contributed by atoms with E-state index in [0.717, 1.165) is 19.3 Å². The lowest BCUT2D eigenvalue weighted by atomic mass is 9.91. The lowest BCUT2D eigenvalue weighted by Crippen LogP contribution is -2.13. The van der Waals surface area contributed by atoms with Crippen molar-refractivity contribution in [3.05, 3.63) is 63.7 Å². The molecule has 0 aromatic heterocycles. The zero-order valence-electron chi connectivity index (χ0n) is 14.4. The summed E-state index contributed by atoms with van der Waals surface area (Å²) in [6.45, 7) is 4.00. The zero-order valence-corrected chi connectivity index (χ0v) is 15.2. The van der Waals surface area contributed by atoms with Crippen molar-refractivity contribution >= 4 is 21.4 Å². The Bertz CT molecular complexity index is 846. The van der Waals surface area contributed by atoms with Crippen molar-refractivity contribution in [1.82, 2.24) is 0 Å². The van der Waals surface area contributed by atoms with Crippen LogP contribution in [-0.2, 0) is 22.9 Å². The highest BCUT2D eigenvalue weighted by Crippen LogP contribution is 2.26. The third kappa shape index (κ3) is 4.57. The molecule has 2 aromatic carbocycles. The highest BCUT2D eigenvalue weighted by Gasteiger charge is 2.17. The molecule has 0 saturated carbocycles. The van der Waals surface area contributed by atoms with E-state index in [0.29, 0.717) is 5.69 Å². The largest absolute Gasteiger partial charge is 0.280 e. The van der Waals surface area contributed by atoms with Crippen molar-refractivity contribution in [3.63, 3.8) is 0 Å². The fourth-order valence-electron chi connectivity index (χ4n) is 2.76. The minimum absolute atomic E-state index is 0.000760. The van der Waals surface area contributed by atoms with Crippen molar-refractivity contribution in [2.75, 3.05) is 4.72 Å². The van der Waals surface area contributed by atoms with Crippen LogP contribution in [0.2, 0.25) is 0 Å². The molecule has 1 aliphatic rings. The van der Waals surface area contributed by atoms with E-state index < -0.39 is 14.9 Å². The van der Waals surface area contributed by atoms with Crippen molar-refractivity contribution in [3.8, 4) is 0 Å². The van der Waals surface area contributed by atoms with Crippen molar-refractivity contribution < 1.29 is 13.3 Å². The minimum atomic E-state index is -3.75. The number of hydrogen-bond donors (Lipinski definition) is 1. The quantitative estimate of drug-likeness (QED) is 0.648. The molecular formula is C18H22N2O4S. The second kappa shape index (κ2) is 8.11. The van der Waals surface area contributed by atoms with Crippen LogP contribution in [0.25, 0.3) is 0 Å². The maximum atomic E-state index is 12.4. The summed E-state index contributed by atoms with van der Waals surface area (Å²) in [5.41, 5.74) is 2.83. The Morgan fingerprint density at radius 1 is 0.960 bits per heavy atom. The number of hydrogen-bond acceptors (Lipinski definition) is 4. The molecule has 6 nitrogen and oxygen atoms in total. The predicted molar refractivity (Wildman–Crippen MR) is 98.3 cm³/mol. The molecule has 2 aromatic rings. The van der Waals surface area contributed by atoms with Crippen molar-refractivity contribution in [1.29, 1.82) is 0 Å². The van der Waals surface area contributed by atoms with Crippen LogP contribution in [0, 0.1) is 10.1 Å². The average Bonchev–Trinajstić information content (AvgIpc) is 2.63. The number of aryl methyl sites for hydroxylation is 2. The molecule has 0 radical (unpaired) electrons. The Morgan fingerprint density at radius 3 is 2.16 bits per heavy atom. The summed E-state index contributed by atoms with van der Waals surface area (Å²) >= 11 is 0. The molecule has 0 unspecified atom stereocenters. The van der Waals surface area contributed by atoms with Gasteiger partial charge >= 0.3 is 0 Å². The third-order valence-corrected chi connectivity index (χ3v) is 5.36. The van der Waals surface area contributed by atoms with Crippen LogP contribution in [0.3, 0.4) is 0 Å². The third-order valence-electron chi connectivity index (χ3n) is 3.96. The average molecular weight is 362 g/mol. The van der Waals surface area contributed by atoms with Crippen LogP contribution in [0.15, 0.2) is 47.4 Å². The number of anilines is 1. The first-order valence-electron chi connectivity index (χ1n) is 8.35. The fraction of sp³-hybridized carbons (Fsp3) is 0.333. The number of nitrogens with one attached hydrogen (secondary N) is 1. The standard InChI is InChI=1S/C16H16N2O4S.C2H6/c19-18(20)15-7-9-16(10-8-15)23(21,22)17-14-6-5-12-3-1-2-4-13(12)11-14;1-2/h5-11,17H,1-4H2;1-2H3. The van der Waals surface area contributed by atoms with Gasteiger partial charge in [-0.1, -0.05) is 19.9 Å². The van der Waals surface area contributed by atoms with Crippen LogP contribution in [0.4, 0.5) is 11.4 Å². The van der Waals surface area contributed by atoms with E-state index in [1.54, 1.807) is 6.07 Å². The molecule has 0 aliphatic heterocycles. The first kappa shape index (κ1) is 18.9. The molecule has 134 valence electrons. The summed E-state index contributed by atoms with van der Waals surface area (Å²) in [6, 6.07) is 10.4. The number of sulfonamides is 1. The Hall–Kier alpha value is -2.41. The summed E-state index contributed by atoms with van der Waals surface area (Å²) in [6.07, 6.45) is 4.28. The van der Waals surface area contributed by atoms with Gasteiger partial charge in [-0.3, -0.25) is 14.8 Å². The summed E-state index contributed by atoms with van der Waals surface area (Å²) in [7, 11) is -3.75. The molecule has 0 amide bonds. The molecule has 0 saturated heterocycles. The van der Waals surface area contributed by atoms with Gasteiger partial charge in [0.15, 0.2) is 0 Å². The van der Waals surface area contributed by atoms with E-state index in [1.807, 2.05) is 26.0 Å². The summed E-state index contributed by atoms with van der Waals surface area (Å²) in [5, 5.41) is 10.6. The van der Waals surface area contributed by atoms with Crippen LogP contribution in [0.5, 0.6) is 0 Å². The highest BCUT2D eigenvalue weighted by molar-refractivity contribution is 7.92. The number of benzene rings is 2. The summed E-state index contributed by atoms with van der Waals surface area (Å²) in [5.74, 6) is 0. The molecule has 25 heavy (non-hydrogen) atoms. The Labute approximate surface area is 148 Å². The monoisotopic (exact) mass is 362 g/mol. The van der Waals surface area contributed by atoms with Gasteiger partial charge in [0, 0.05) is 17.8 Å². The normalized spacial score (nSPS) is 13.2. The van der Waals surface area contributed by atoms with Crippen LogP contribution >= 0.6 is 0 Å². The Balaban J connectivity index is 0.00000109. The van der Waals surface area contributed by atoms with Gasteiger partial charge in [-0.05, 0) is 61.1 Å². The summed E-state index contributed by atoms with van der Waals surface area (Å²) < 4.78 is 27.3. The molecule has 0 fully saturated rings. The van der Waals surface area contributed by atoms with Gasteiger partial charge < -0.3 is 0 Å². The minimum Gasteiger partial charge on any atom is -0.280 e. The first-order valence-corrected chi connectivity index (χ1v) is 9.83. The number of nitro groups is 1. The Kier molecular flexibility index (Phi) is 6.14. The molecule has 1 aliphatic carbocycles. The van der Waals surface area contributed by atoms with E-state index in [4.69, 9.17) is 0 Å². The van der Waals surface area contributed by atoms with Gasteiger partial charge in [0.1, 0.15) is 0 Å². The molecule has 1 N–H and O–H groups in total. The molecule has 0 atom stereocenters.